The molecule has 0 saturated carbocycles. The van der Waals surface area contributed by atoms with Crippen molar-refractivity contribution in [2.45, 2.75) is 39.2 Å². The third-order valence-electron chi connectivity index (χ3n) is 5.79. The predicted molar refractivity (Wildman–Crippen MR) is 128 cm³/mol. The van der Waals surface area contributed by atoms with E-state index in [0.29, 0.717) is 43.7 Å². The van der Waals surface area contributed by atoms with Crippen molar-refractivity contribution in [2.75, 3.05) is 13.1 Å². The van der Waals surface area contributed by atoms with Gasteiger partial charge >= 0.3 is 0 Å². The van der Waals surface area contributed by atoms with Gasteiger partial charge in [0.1, 0.15) is 17.6 Å². The Labute approximate surface area is 196 Å². The number of carbonyl (C=O) groups is 2. The zero-order valence-corrected chi connectivity index (χ0v) is 19.5. The minimum atomic E-state index is -0.535. The molecular formula is C25H27N3O4S. The summed E-state index contributed by atoms with van der Waals surface area (Å²) in [6, 6.07) is 12.2. The number of nitrogens with zero attached hydrogens (tertiary/aromatic N) is 2. The SMILES string of the molecule is Cc1nc(C)c(-c2ccc(OC3CCN(C(=O)Cc4ccc(O)cc4)CC3)c(C(N)=O)c2)s1. The number of likely N-dealkylation sites (tertiary alicyclic amines) is 1. The highest BCUT2D eigenvalue weighted by Gasteiger charge is 2.25. The summed E-state index contributed by atoms with van der Waals surface area (Å²) in [6.45, 7) is 5.08. The van der Waals surface area contributed by atoms with E-state index in [1.165, 1.54) is 0 Å². The Morgan fingerprint density at radius 1 is 1.15 bits per heavy atom. The summed E-state index contributed by atoms with van der Waals surface area (Å²) < 4.78 is 6.15. The highest BCUT2D eigenvalue weighted by Crippen LogP contribution is 2.33. The van der Waals surface area contributed by atoms with E-state index in [1.54, 1.807) is 47.7 Å². The maximum Gasteiger partial charge on any atom is 0.252 e. The second-order valence-electron chi connectivity index (χ2n) is 8.26. The molecule has 3 N–H and O–H groups in total. The van der Waals surface area contributed by atoms with Crippen molar-refractivity contribution < 1.29 is 19.4 Å². The first-order valence-corrected chi connectivity index (χ1v) is 11.7. The molecule has 0 bridgehead atoms. The van der Waals surface area contributed by atoms with Gasteiger partial charge in [0.15, 0.2) is 0 Å². The smallest absolute Gasteiger partial charge is 0.252 e. The molecule has 1 aliphatic heterocycles. The van der Waals surface area contributed by atoms with Gasteiger partial charge in [-0.15, -0.1) is 11.3 Å². The van der Waals surface area contributed by atoms with Crippen LogP contribution in [0.3, 0.4) is 0 Å². The van der Waals surface area contributed by atoms with Crippen LogP contribution in [0, 0.1) is 13.8 Å². The summed E-state index contributed by atoms with van der Waals surface area (Å²) in [5.74, 6) is 0.174. The molecule has 4 rings (SSSR count). The van der Waals surface area contributed by atoms with Crippen molar-refractivity contribution in [1.29, 1.82) is 0 Å². The Balaban J connectivity index is 1.39. The van der Waals surface area contributed by atoms with Crippen molar-refractivity contribution in [1.82, 2.24) is 9.88 Å². The molecule has 33 heavy (non-hydrogen) atoms. The Morgan fingerprint density at radius 2 is 1.85 bits per heavy atom. The Morgan fingerprint density at radius 3 is 2.45 bits per heavy atom. The maximum absolute atomic E-state index is 12.6. The van der Waals surface area contributed by atoms with E-state index < -0.39 is 5.91 Å². The molecule has 0 unspecified atom stereocenters. The molecule has 3 aromatic rings. The largest absolute Gasteiger partial charge is 0.508 e. The lowest BCUT2D eigenvalue weighted by Crippen LogP contribution is -2.42. The van der Waals surface area contributed by atoms with Crippen LogP contribution in [0.5, 0.6) is 11.5 Å². The van der Waals surface area contributed by atoms with Gasteiger partial charge in [0, 0.05) is 25.9 Å². The molecule has 0 atom stereocenters. The molecule has 1 fully saturated rings. The molecule has 7 nitrogen and oxygen atoms in total. The van der Waals surface area contributed by atoms with E-state index in [9.17, 15) is 14.7 Å². The zero-order valence-electron chi connectivity index (χ0n) is 18.7. The summed E-state index contributed by atoms with van der Waals surface area (Å²) in [5.41, 5.74) is 8.69. The number of carbonyl (C=O) groups excluding carboxylic acids is 2. The molecule has 8 heteroatoms. The first-order chi connectivity index (χ1) is 15.8. The van der Waals surface area contributed by atoms with E-state index >= 15 is 0 Å². The second kappa shape index (κ2) is 9.62. The van der Waals surface area contributed by atoms with Gasteiger partial charge in [0.25, 0.3) is 5.91 Å². The van der Waals surface area contributed by atoms with Gasteiger partial charge in [-0.3, -0.25) is 9.59 Å². The number of amides is 2. The van der Waals surface area contributed by atoms with Crippen LogP contribution in [0.4, 0.5) is 0 Å². The topological polar surface area (TPSA) is 106 Å². The predicted octanol–water partition coefficient (Wildman–Crippen LogP) is 3.84. The standard InChI is InChI=1S/C25H27N3O4S/c1-15-24(33-16(2)27-15)18-5-8-22(21(14-18)25(26)31)32-20-9-11-28(12-10-20)23(30)13-17-3-6-19(29)7-4-17/h3-8,14,20,29H,9-13H2,1-2H3,(H2,26,31). The summed E-state index contributed by atoms with van der Waals surface area (Å²) >= 11 is 1.58. The Hall–Kier alpha value is -3.39. The maximum atomic E-state index is 12.6. The number of ether oxygens (including phenoxy) is 1. The fourth-order valence-electron chi connectivity index (χ4n) is 4.07. The number of hydrogen-bond donors (Lipinski definition) is 2. The van der Waals surface area contributed by atoms with Gasteiger partial charge in [-0.1, -0.05) is 12.1 Å². The van der Waals surface area contributed by atoms with Gasteiger partial charge in [-0.05, 0) is 55.3 Å². The fourth-order valence-corrected chi connectivity index (χ4v) is 4.98. The van der Waals surface area contributed by atoms with Crippen molar-refractivity contribution in [3.63, 3.8) is 0 Å². The lowest BCUT2D eigenvalue weighted by atomic mass is 10.0. The normalized spacial score (nSPS) is 14.3. The van der Waals surface area contributed by atoms with E-state index in [4.69, 9.17) is 10.5 Å². The van der Waals surface area contributed by atoms with Crippen molar-refractivity contribution in [3.8, 4) is 21.9 Å². The van der Waals surface area contributed by atoms with Crippen LogP contribution in [0.15, 0.2) is 42.5 Å². The van der Waals surface area contributed by atoms with Crippen LogP contribution >= 0.6 is 11.3 Å². The zero-order chi connectivity index (χ0) is 23.5. The van der Waals surface area contributed by atoms with Crippen LogP contribution in [-0.2, 0) is 11.2 Å². The minimum absolute atomic E-state index is 0.0524. The number of primary amides is 1. The number of piperidine rings is 1. The molecule has 1 aliphatic rings. The van der Waals surface area contributed by atoms with E-state index in [0.717, 1.165) is 26.7 Å². The van der Waals surface area contributed by atoms with E-state index in [-0.39, 0.29) is 17.8 Å². The van der Waals surface area contributed by atoms with Gasteiger partial charge in [0.05, 0.1) is 27.6 Å². The Bertz CT molecular complexity index is 1160. The number of benzene rings is 2. The monoisotopic (exact) mass is 465 g/mol. The number of aromatic nitrogens is 1. The molecular weight excluding hydrogens is 438 g/mol. The summed E-state index contributed by atoms with van der Waals surface area (Å²) in [5, 5.41) is 10.4. The molecule has 1 saturated heterocycles. The highest BCUT2D eigenvalue weighted by atomic mass is 32.1. The first kappa shape index (κ1) is 22.8. The number of phenolic OH excluding ortho intramolecular Hbond substituents is 1. The molecule has 0 aliphatic carbocycles. The second-order valence-corrected chi connectivity index (χ2v) is 9.47. The molecule has 2 amide bonds. The average Bonchev–Trinajstić information content (AvgIpc) is 3.13. The third kappa shape index (κ3) is 5.34. The lowest BCUT2D eigenvalue weighted by molar-refractivity contribution is -0.132. The number of aryl methyl sites for hydroxylation is 2. The van der Waals surface area contributed by atoms with Crippen molar-refractivity contribution in [2.24, 2.45) is 5.73 Å². The van der Waals surface area contributed by atoms with Crippen LogP contribution < -0.4 is 10.5 Å². The van der Waals surface area contributed by atoms with Gasteiger partial charge in [0.2, 0.25) is 5.91 Å². The van der Waals surface area contributed by atoms with Crippen LogP contribution in [-0.4, -0.2) is 46.0 Å². The molecule has 172 valence electrons. The van der Waals surface area contributed by atoms with Crippen molar-refractivity contribution >= 4 is 23.2 Å². The first-order valence-electron chi connectivity index (χ1n) is 10.9. The lowest BCUT2D eigenvalue weighted by Gasteiger charge is -2.32. The minimum Gasteiger partial charge on any atom is -0.508 e. The van der Waals surface area contributed by atoms with Crippen LogP contribution in [0.2, 0.25) is 0 Å². The Kier molecular flexibility index (Phi) is 6.65. The fraction of sp³-hybridized carbons (Fsp3) is 0.320. The number of rotatable bonds is 6. The van der Waals surface area contributed by atoms with Crippen molar-refractivity contribution in [3.05, 3.63) is 64.3 Å². The number of hydrogen-bond acceptors (Lipinski definition) is 6. The van der Waals surface area contributed by atoms with E-state index in [2.05, 4.69) is 4.98 Å². The van der Waals surface area contributed by atoms with Crippen LogP contribution in [0.25, 0.3) is 10.4 Å². The van der Waals surface area contributed by atoms with Gasteiger partial charge in [-0.25, -0.2) is 4.98 Å². The molecule has 0 spiro atoms. The van der Waals surface area contributed by atoms with Gasteiger partial charge in [-0.2, -0.15) is 0 Å². The van der Waals surface area contributed by atoms with Crippen LogP contribution in [0.1, 0.15) is 39.5 Å². The molecule has 1 aromatic heterocycles. The number of nitrogens with two attached hydrogens (primary N) is 1. The third-order valence-corrected chi connectivity index (χ3v) is 6.91. The molecule has 2 heterocycles. The summed E-state index contributed by atoms with van der Waals surface area (Å²) in [6.07, 6.45) is 1.55. The summed E-state index contributed by atoms with van der Waals surface area (Å²) in [4.78, 5) is 32.1. The molecule has 2 aromatic carbocycles. The molecule has 0 radical (unpaired) electrons. The highest BCUT2D eigenvalue weighted by molar-refractivity contribution is 7.15. The number of aromatic hydroxyl groups is 1. The van der Waals surface area contributed by atoms with E-state index in [1.807, 2.05) is 24.8 Å². The quantitative estimate of drug-likeness (QED) is 0.575. The van der Waals surface area contributed by atoms with Gasteiger partial charge < -0.3 is 20.5 Å². The number of phenols is 1. The number of thiazole rings is 1. The summed E-state index contributed by atoms with van der Waals surface area (Å²) in [7, 11) is 0. The average molecular weight is 466 g/mol.